The number of carbonyl (C=O) groups is 2. The second-order valence-corrected chi connectivity index (χ2v) is 7.44. The maximum atomic E-state index is 12.9. The van der Waals surface area contributed by atoms with E-state index in [4.69, 9.17) is 4.74 Å². The molecule has 2 aliphatic heterocycles. The first-order valence-corrected chi connectivity index (χ1v) is 9.22. The first-order valence-electron chi connectivity index (χ1n) is 9.22. The third kappa shape index (κ3) is 2.60. The van der Waals surface area contributed by atoms with E-state index >= 15 is 0 Å². The Bertz CT molecular complexity index is 859. The SMILES string of the molecule is CCc1cccc2c(CC(=O)N3C[C@H]4COCC[C@@]4(C(=O)O)C3)c[nH]c12. The van der Waals surface area contributed by atoms with Crippen molar-refractivity contribution in [1.29, 1.82) is 0 Å². The number of carboxylic acid groups (broad SMARTS) is 1. The molecule has 2 N–H and O–H groups in total. The fourth-order valence-electron chi connectivity index (χ4n) is 4.48. The molecule has 138 valence electrons. The first-order chi connectivity index (χ1) is 12.5. The molecule has 2 aliphatic rings. The number of amides is 1. The smallest absolute Gasteiger partial charge is 0.311 e. The predicted molar refractivity (Wildman–Crippen MR) is 97.0 cm³/mol. The summed E-state index contributed by atoms with van der Waals surface area (Å²) in [6, 6.07) is 6.14. The van der Waals surface area contributed by atoms with Crippen LogP contribution in [-0.2, 0) is 27.2 Å². The number of carbonyl (C=O) groups excluding carboxylic acids is 1. The van der Waals surface area contributed by atoms with E-state index in [1.807, 2.05) is 18.3 Å². The van der Waals surface area contributed by atoms with Gasteiger partial charge in [0.15, 0.2) is 0 Å². The normalized spacial score (nSPS) is 25.4. The number of nitrogens with one attached hydrogen (secondary N) is 1. The van der Waals surface area contributed by atoms with Crippen LogP contribution in [0.1, 0.15) is 24.5 Å². The highest BCUT2D eigenvalue weighted by Gasteiger charge is 2.54. The predicted octanol–water partition coefficient (Wildman–Crippen LogP) is 2.22. The minimum Gasteiger partial charge on any atom is -0.481 e. The van der Waals surface area contributed by atoms with Gasteiger partial charge in [-0.1, -0.05) is 25.1 Å². The van der Waals surface area contributed by atoms with E-state index in [1.165, 1.54) is 5.56 Å². The molecule has 3 heterocycles. The van der Waals surface area contributed by atoms with E-state index in [0.717, 1.165) is 22.9 Å². The highest BCUT2D eigenvalue weighted by molar-refractivity contribution is 5.91. The number of carboxylic acids is 1. The Hall–Kier alpha value is -2.34. The Kier molecular flexibility index (Phi) is 4.23. The molecule has 2 aromatic rings. The molecule has 0 bridgehead atoms. The molecule has 6 heteroatoms. The van der Waals surface area contributed by atoms with E-state index in [-0.39, 0.29) is 24.8 Å². The Labute approximate surface area is 152 Å². The molecule has 0 radical (unpaired) electrons. The van der Waals surface area contributed by atoms with Crippen molar-refractivity contribution in [3.63, 3.8) is 0 Å². The fourth-order valence-corrected chi connectivity index (χ4v) is 4.48. The standard InChI is InChI=1S/C20H24N2O4/c1-2-13-4-3-5-16-14(9-21-18(13)16)8-17(23)22-10-15-11-26-7-6-20(15,12-22)19(24)25/h3-5,9,15,21H,2,6-8,10-12H2,1H3,(H,24,25)/t15-,20+/m0/s1. The van der Waals surface area contributed by atoms with Gasteiger partial charge in [0.1, 0.15) is 0 Å². The lowest BCUT2D eigenvalue weighted by atomic mass is 9.74. The van der Waals surface area contributed by atoms with Gasteiger partial charge in [0.05, 0.1) is 18.4 Å². The number of hydrogen-bond donors (Lipinski definition) is 2. The molecule has 1 aromatic carbocycles. The summed E-state index contributed by atoms with van der Waals surface area (Å²) in [7, 11) is 0. The first kappa shape index (κ1) is 17.1. The van der Waals surface area contributed by atoms with Crippen LogP contribution in [0.4, 0.5) is 0 Å². The summed E-state index contributed by atoms with van der Waals surface area (Å²) in [6.45, 7) is 3.74. The average Bonchev–Trinajstić information content (AvgIpc) is 3.24. The highest BCUT2D eigenvalue weighted by atomic mass is 16.5. The number of fused-ring (bicyclic) bond motifs is 2. The van der Waals surface area contributed by atoms with Gasteiger partial charge in [0.2, 0.25) is 5.91 Å². The van der Waals surface area contributed by atoms with Crippen molar-refractivity contribution in [3.05, 3.63) is 35.5 Å². The Morgan fingerprint density at radius 3 is 2.96 bits per heavy atom. The number of ether oxygens (including phenoxy) is 1. The van der Waals surface area contributed by atoms with Crippen molar-refractivity contribution in [1.82, 2.24) is 9.88 Å². The zero-order valence-electron chi connectivity index (χ0n) is 15.0. The van der Waals surface area contributed by atoms with Gasteiger partial charge in [-0.25, -0.2) is 0 Å². The van der Waals surface area contributed by atoms with Crippen LogP contribution in [0.2, 0.25) is 0 Å². The number of aromatic amines is 1. The Morgan fingerprint density at radius 2 is 2.23 bits per heavy atom. The van der Waals surface area contributed by atoms with Crippen LogP contribution >= 0.6 is 0 Å². The quantitative estimate of drug-likeness (QED) is 0.880. The van der Waals surface area contributed by atoms with Crippen molar-refractivity contribution >= 4 is 22.8 Å². The second kappa shape index (κ2) is 6.43. The number of aryl methyl sites for hydroxylation is 1. The van der Waals surface area contributed by atoms with Crippen LogP contribution in [-0.4, -0.2) is 53.2 Å². The number of rotatable bonds is 4. The average molecular weight is 356 g/mol. The number of likely N-dealkylation sites (tertiary alicyclic amines) is 1. The van der Waals surface area contributed by atoms with Crippen molar-refractivity contribution in [2.75, 3.05) is 26.3 Å². The summed E-state index contributed by atoms with van der Waals surface area (Å²) in [6.07, 6.45) is 3.60. The van der Waals surface area contributed by atoms with E-state index in [1.54, 1.807) is 4.90 Å². The van der Waals surface area contributed by atoms with Crippen molar-refractivity contribution in [2.45, 2.75) is 26.2 Å². The zero-order valence-corrected chi connectivity index (χ0v) is 15.0. The van der Waals surface area contributed by atoms with E-state index in [2.05, 4.69) is 18.0 Å². The van der Waals surface area contributed by atoms with E-state index in [0.29, 0.717) is 26.2 Å². The minimum atomic E-state index is -0.844. The Morgan fingerprint density at radius 1 is 1.38 bits per heavy atom. The monoisotopic (exact) mass is 356 g/mol. The van der Waals surface area contributed by atoms with Gasteiger partial charge in [-0.05, 0) is 24.0 Å². The number of benzene rings is 1. The molecule has 4 rings (SSSR count). The van der Waals surface area contributed by atoms with E-state index < -0.39 is 11.4 Å². The fraction of sp³-hybridized carbons (Fsp3) is 0.500. The van der Waals surface area contributed by atoms with Gasteiger partial charge in [-0.15, -0.1) is 0 Å². The van der Waals surface area contributed by atoms with Crippen LogP contribution in [0.25, 0.3) is 10.9 Å². The third-order valence-corrected chi connectivity index (χ3v) is 6.10. The molecule has 2 atom stereocenters. The zero-order chi connectivity index (χ0) is 18.3. The summed E-state index contributed by atoms with van der Waals surface area (Å²) in [5, 5.41) is 10.8. The summed E-state index contributed by atoms with van der Waals surface area (Å²) >= 11 is 0. The van der Waals surface area contributed by atoms with Gasteiger partial charge >= 0.3 is 5.97 Å². The molecule has 0 unspecified atom stereocenters. The molecule has 0 saturated carbocycles. The lowest BCUT2D eigenvalue weighted by Crippen LogP contribution is -2.45. The minimum absolute atomic E-state index is 0.0113. The second-order valence-electron chi connectivity index (χ2n) is 7.44. The summed E-state index contributed by atoms with van der Waals surface area (Å²) in [5.41, 5.74) is 2.44. The topological polar surface area (TPSA) is 82.6 Å². The molecule has 2 fully saturated rings. The van der Waals surface area contributed by atoms with E-state index in [9.17, 15) is 14.7 Å². The molecule has 2 saturated heterocycles. The summed E-state index contributed by atoms with van der Waals surface area (Å²) < 4.78 is 5.47. The van der Waals surface area contributed by atoms with Crippen LogP contribution in [0.5, 0.6) is 0 Å². The summed E-state index contributed by atoms with van der Waals surface area (Å²) in [4.78, 5) is 29.8. The molecule has 1 aromatic heterocycles. The molecule has 26 heavy (non-hydrogen) atoms. The van der Waals surface area contributed by atoms with Crippen LogP contribution in [0, 0.1) is 11.3 Å². The molecule has 6 nitrogen and oxygen atoms in total. The lowest BCUT2D eigenvalue weighted by molar-refractivity contribution is -0.157. The van der Waals surface area contributed by atoms with Gasteiger partial charge in [-0.3, -0.25) is 9.59 Å². The van der Waals surface area contributed by atoms with Crippen LogP contribution < -0.4 is 0 Å². The molecule has 0 aliphatic carbocycles. The largest absolute Gasteiger partial charge is 0.481 e. The maximum Gasteiger partial charge on any atom is 0.311 e. The lowest BCUT2D eigenvalue weighted by Gasteiger charge is -2.33. The van der Waals surface area contributed by atoms with Crippen LogP contribution in [0.3, 0.4) is 0 Å². The molecule has 1 amide bonds. The number of aromatic nitrogens is 1. The van der Waals surface area contributed by atoms with Crippen molar-refractivity contribution in [3.8, 4) is 0 Å². The van der Waals surface area contributed by atoms with Crippen molar-refractivity contribution in [2.24, 2.45) is 11.3 Å². The van der Waals surface area contributed by atoms with Gasteiger partial charge < -0.3 is 19.7 Å². The van der Waals surface area contributed by atoms with Gasteiger partial charge in [0, 0.05) is 42.7 Å². The number of aliphatic carboxylic acids is 1. The van der Waals surface area contributed by atoms with Crippen molar-refractivity contribution < 1.29 is 19.4 Å². The summed E-state index contributed by atoms with van der Waals surface area (Å²) in [5.74, 6) is -0.934. The number of nitrogens with zero attached hydrogens (tertiary/aromatic N) is 1. The van der Waals surface area contributed by atoms with Gasteiger partial charge in [-0.2, -0.15) is 0 Å². The molecular formula is C20H24N2O4. The maximum absolute atomic E-state index is 12.9. The molecular weight excluding hydrogens is 332 g/mol. The highest BCUT2D eigenvalue weighted by Crippen LogP contribution is 2.42. The third-order valence-electron chi connectivity index (χ3n) is 6.10. The van der Waals surface area contributed by atoms with Crippen LogP contribution in [0.15, 0.2) is 24.4 Å². The van der Waals surface area contributed by atoms with Gasteiger partial charge in [0.25, 0.3) is 0 Å². The number of H-pyrrole nitrogens is 1. The Balaban J connectivity index is 1.55. The number of hydrogen-bond acceptors (Lipinski definition) is 3. The number of para-hydroxylation sites is 1. The molecule has 0 spiro atoms.